The fourth-order valence-corrected chi connectivity index (χ4v) is 4.44. The first-order chi connectivity index (χ1) is 14.3. The maximum atomic E-state index is 13.5. The quantitative estimate of drug-likeness (QED) is 0.430. The number of aromatic nitrogens is 2. The number of nitrogens with zero attached hydrogens (tertiary/aromatic N) is 2. The van der Waals surface area contributed by atoms with Crippen LogP contribution in [0.25, 0.3) is 11.3 Å². The summed E-state index contributed by atoms with van der Waals surface area (Å²) >= 11 is 1.40. The van der Waals surface area contributed by atoms with Crippen molar-refractivity contribution < 1.29 is 17.3 Å². The van der Waals surface area contributed by atoms with Crippen molar-refractivity contribution in [2.45, 2.75) is 18.7 Å². The van der Waals surface area contributed by atoms with Crippen LogP contribution in [0.5, 0.6) is 0 Å². The van der Waals surface area contributed by atoms with Crippen molar-refractivity contribution in [2.75, 3.05) is 10.0 Å². The molecule has 2 aromatic heterocycles. The van der Waals surface area contributed by atoms with Gasteiger partial charge in [0.1, 0.15) is 11.6 Å². The van der Waals surface area contributed by atoms with E-state index in [0.717, 1.165) is 11.3 Å². The molecule has 30 heavy (non-hydrogen) atoms. The number of aryl methyl sites for hydroxylation is 2. The van der Waals surface area contributed by atoms with Crippen LogP contribution in [-0.4, -0.2) is 18.6 Å². The van der Waals surface area contributed by atoms with Crippen LogP contribution in [0, 0.1) is 19.7 Å². The van der Waals surface area contributed by atoms with E-state index >= 15 is 0 Å². The van der Waals surface area contributed by atoms with Gasteiger partial charge in [-0.25, -0.2) is 17.8 Å². The summed E-state index contributed by atoms with van der Waals surface area (Å²) in [6.07, 6.45) is 0. The Morgan fingerprint density at radius 1 is 1.07 bits per heavy atom. The zero-order chi connectivity index (χ0) is 21.3. The average molecular weight is 445 g/mol. The van der Waals surface area contributed by atoms with Crippen molar-refractivity contribution in [2.24, 2.45) is 0 Å². The van der Waals surface area contributed by atoms with Crippen LogP contribution in [0.15, 0.2) is 63.3 Å². The van der Waals surface area contributed by atoms with Gasteiger partial charge in [-0.2, -0.15) is 0 Å². The fraction of sp³-hybridized carbons (Fsp3) is 0.100. The van der Waals surface area contributed by atoms with E-state index in [1.54, 1.807) is 38.1 Å². The molecule has 0 unspecified atom stereocenters. The minimum Gasteiger partial charge on any atom is -0.360 e. The van der Waals surface area contributed by atoms with Gasteiger partial charge < -0.3 is 9.84 Å². The van der Waals surface area contributed by atoms with E-state index in [-0.39, 0.29) is 16.5 Å². The Kier molecular flexibility index (Phi) is 5.27. The van der Waals surface area contributed by atoms with Crippen LogP contribution >= 0.6 is 11.3 Å². The molecule has 0 fully saturated rings. The molecule has 154 valence electrons. The van der Waals surface area contributed by atoms with Crippen molar-refractivity contribution in [1.29, 1.82) is 0 Å². The van der Waals surface area contributed by atoms with Gasteiger partial charge in [-0.3, -0.25) is 4.72 Å². The highest BCUT2D eigenvalue weighted by Gasteiger charge is 2.16. The van der Waals surface area contributed by atoms with Crippen LogP contribution in [0.3, 0.4) is 0 Å². The molecule has 0 spiro atoms. The highest BCUT2D eigenvalue weighted by molar-refractivity contribution is 7.92. The van der Waals surface area contributed by atoms with E-state index in [9.17, 15) is 12.8 Å². The third-order valence-corrected chi connectivity index (χ3v) is 6.37. The van der Waals surface area contributed by atoms with Gasteiger partial charge in [-0.1, -0.05) is 5.16 Å². The molecule has 0 bridgehead atoms. The lowest BCUT2D eigenvalue weighted by atomic mass is 10.1. The number of sulfonamides is 1. The van der Waals surface area contributed by atoms with Crippen LogP contribution in [0.4, 0.5) is 21.0 Å². The number of hydrogen-bond acceptors (Lipinski definition) is 7. The molecule has 7 nitrogen and oxygen atoms in total. The summed E-state index contributed by atoms with van der Waals surface area (Å²) in [5.41, 5.74) is 2.80. The van der Waals surface area contributed by atoms with Gasteiger partial charge in [0.25, 0.3) is 10.0 Å². The smallest absolute Gasteiger partial charge is 0.263 e. The number of thiazole rings is 1. The van der Waals surface area contributed by atoms with E-state index in [1.807, 2.05) is 5.38 Å². The Morgan fingerprint density at radius 2 is 1.83 bits per heavy atom. The minimum absolute atomic E-state index is 0.0929. The molecule has 0 saturated carbocycles. The summed E-state index contributed by atoms with van der Waals surface area (Å²) in [6, 6.07) is 12.6. The topological polar surface area (TPSA) is 97.1 Å². The largest absolute Gasteiger partial charge is 0.360 e. The lowest BCUT2D eigenvalue weighted by Gasteiger charge is -2.07. The van der Waals surface area contributed by atoms with E-state index in [1.165, 1.54) is 35.6 Å². The van der Waals surface area contributed by atoms with E-state index in [2.05, 4.69) is 20.2 Å². The summed E-state index contributed by atoms with van der Waals surface area (Å²) < 4.78 is 45.6. The molecule has 10 heteroatoms. The molecule has 0 aliphatic carbocycles. The van der Waals surface area contributed by atoms with Crippen LogP contribution in [-0.2, 0) is 10.0 Å². The molecule has 4 rings (SSSR count). The highest BCUT2D eigenvalue weighted by atomic mass is 32.2. The molecular formula is C20H17FN4O3S2. The minimum atomic E-state index is -3.77. The monoisotopic (exact) mass is 444 g/mol. The van der Waals surface area contributed by atoms with Gasteiger partial charge in [0.05, 0.1) is 10.6 Å². The second-order valence-electron chi connectivity index (χ2n) is 6.58. The third kappa shape index (κ3) is 4.34. The number of halogens is 1. The first-order valence-corrected chi connectivity index (χ1v) is 11.2. The maximum absolute atomic E-state index is 13.5. The fourth-order valence-electron chi connectivity index (χ4n) is 2.72. The Hall–Kier alpha value is -3.24. The van der Waals surface area contributed by atoms with Gasteiger partial charge >= 0.3 is 0 Å². The van der Waals surface area contributed by atoms with E-state index < -0.39 is 10.0 Å². The molecule has 2 N–H and O–H groups in total. The molecule has 0 saturated heterocycles. The van der Waals surface area contributed by atoms with E-state index in [0.29, 0.717) is 22.1 Å². The van der Waals surface area contributed by atoms with Crippen molar-refractivity contribution in [3.63, 3.8) is 0 Å². The number of benzene rings is 2. The predicted molar refractivity (Wildman–Crippen MR) is 114 cm³/mol. The molecular weight excluding hydrogens is 427 g/mol. The number of nitrogens with one attached hydrogen (secondary N) is 2. The standard InChI is InChI=1S/C20H17FN4O3S2/c1-12-9-14(3-8-17(12)21)18-11-29-20(23-18)22-15-4-6-16(7-5-15)30(26,27)25-19-10-13(2)28-24-19/h3-11H,1-2H3,(H,22,23)(H,24,25). The Bertz CT molecular complexity index is 1300. The average Bonchev–Trinajstić information content (AvgIpc) is 3.33. The van der Waals surface area contributed by atoms with E-state index in [4.69, 9.17) is 4.52 Å². The van der Waals surface area contributed by atoms with Crippen molar-refractivity contribution in [3.8, 4) is 11.3 Å². The predicted octanol–water partition coefficient (Wildman–Crippen LogP) is 5.10. The Labute approximate surface area is 176 Å². The molecule has 0 radical (unpaired) electrons. The molecule has 4 aromatic rings. The second kappa shape index (κ2) is 7.88. The van der Waals surface area contributed by atoms with Crippen molar-refractivity contribution in [3.05, 3.63) is 71.1 Å². The van der Waals surface area contributed by atoms with Crippen LogP contribution in [0.2, 0.25) is 0 Å². The summed E-state index contributed by atoms with van der Waals surface area (Å²) in [4.78, 5) is 4.60. The lowest BCUT2D eigenvalue weighted by Crippen LogP contribution is -2.13. The molecule has 0 atom stereocenters. The number of rotatable bonds is 6. The SMILES string of the molecule is Cc1cc(NS(=O)(=O)c2ccc(Nc3nc(-c4ccc(F)c(C)c4)cs3)cc2)no1. The molecule has 0 aliphatic rings. The van der Waals surface area contributed by atoms with Crippen LogP contribution < -0.4 is 10.0 Å². The number of anilines is 3. The summed E-state index contributed by atoms with van der Waals surface area (Å²) in [5.74, 6) is 0.377. The normalized spacial score (nSPS) is 11.4. The summed E-state index contributed by atoms with van der Waals surface area (Å²) in [7, 11) is -3.77. The second-order valence-corrected chi connectivity index (χ2v) is 9.12. The summed E-state index contributed by atoms with van der Waals surface area (Å²) in [5, 5.41) is 9.28. The first-order valence-electron chi connectivity index (χ1n) is 8.85. The van der Waals surface area contributed by atoms with Gasteiger partial charge in [0.15, 0.2) is 10.9 Å². The Morgan fingerprint density at radius 3 is 2.50 bits per heavy atom. The number of hydrogen-bond donors (Lipinski definition) is 2. The van der Waals surface area contributed by atoms with Crippen molar-refractivity contribution in [1.82, 2.24) is 10.1 Å². The molecule has 0 aliphatic heterocycles. The maximum Gasteiger partial charge on any atom is 0.263 e. The first kappa shape index (κ1) is 20.0. The van der Waals surface area contributed by atoms with Crippen LogP contribution in [0.1, 0.15) is 11.3 Å². The highest BCUT2D eigenvalue weighted by Crippen LogP contribution is 2.28. The Balaban J connectivity index is 1.47. The molecule has 2 heterocycles. The van der Waals surface area contributed by atoms with Crippen molar-refractivity contribution >= 4 is 38.0 Å². The lowest BCUT2D eigenvalue weighted by molar-refractivity contribution is 0.400. The molecule has 0 amide bonds. The van der Waals surface area contributed by atoms with Gasteiger partial charge in [0.2, 0.25) is 0 Å². The summed E-state index contributed by atoms with van der Waals surface area (Å²) in [6.45, 7) is 3.38. The van der Waals surface area contributed by atoms with Gasteiger partial charge in [-0.05, 0) is 61.9 Å². The zero-order valence-electron chi connectivity index (χ0n) is 16.0. The third-order valence-electron chi connectivity index (χ3n) is 4.24. The zero-order valence-corrected chi connectivity index (χ0v) is 17.6. The van der Waals surface area contributed by atoms with Gasteiger partial charge in [0, 0.05) is 22.7 Å². The molecule has 2 aromatic carbocycles. The van der Waals surface area contributed by atoms with Gasteiger partial charge in [-0.15, -0.1) is 11.3 Å².